The van der Waals surface area contributed by atoms with E-state index in [1.165, 1.54) is 11.8 Å². The van der Waals surface area contributed by atoms with E-state index in [0.717, 1.165) is 21.7 Å². The zero-order valence-corrected chi connectivity index (χ0v) is 18.4. The van der Waals surface area contributed by atoms with Gasteiger partial charge in [0, 0.05) is 16.3 Å². The van der Waals surface area contributed by atoms with E-state index in [1.807, 2.05) is 50.3 Å². The second-order valence-electron chi connectivity index (χ2n) is 7.60. The van der Waals surface area contributed by atoms with Crippen molar-refractivity contribution in [2.75, 3.05) is 16.4 Å². The van der Waals surface area contributed by atoms with E-state index in [0.29, 0.717) is 18.5 Å². The second kappa shape index (κ2) is 10.3. The zero-order chi connectivity index (χ0) is 22.4. The molecule has 0 aliphatic heterocycles. The molecule has 0 spiro atoms. The Balaban J connectivity index is 1.58. The number of hydrogen-bond acceptors (Lipinski definition) is 4. The SMILES string of the molecule is Cc1cccc(NC(=O)CSc2cccc(NC(=O)C3CC=CCC3C(=O)O)c2)c1C. The van der Waals surface area contributed by atoms with Crippen molar-refractivity contribution >= 4 is 40.9 Å². The third-order valence-corrected chi connectivity index (χ3v) is 6.43. The lowest BCUT2D eigenvalue weighted by Crippen LogP contribution is -2.34. The topological polar surface area (TPSA) is 95.5 Å². The molecule has 0 bridgehead atoms. The predicted octanol–water partition coefficient (Wildman–Crippen LogP) is 4.64. The molecule has 0 aromatic heterocycles. The first-order chi connectivity index (χ1) is 14.8. The molecule has 0 saturated carbocycles. The molecule has 7 heteroatoms. The molecule has 3 N–H and O–H groups in total. The molecular formula is C24H26N2O4S. The number of benzene rings is 2. The van der Waals surface area contributed by atoms with Gasteiger partial charge in [-0.2, -0.15) is 0 Å². The van der Waals surface area contributed by atoms with Crippen LogP contribution in [0.2, 0.25) is 0 Å². The zero-order valence-electron chi connectivity index (χ0n) is 17.6. The van der Waals surface area contributed by atoms with Crippen LogP contribution < -0.4 is 10.6 Å². The molecule has 3 rings (SSSR count). The summed E-state index contributed by atoms with van der Waals surface area (Å²) >= 11 is 1.37. The Morgan fingerprint density at radius 2 is 1.71 bits per heavy atom. The molecule has 0 heterocycles. The number of anilines is 2. The fourth-order valence-electron chi connectivity index (χ4n) is 3.50. The maximum absolute atomic E-state index is 12.6. The third-order valence-electron chi connectivity index (χ3n) is 5.44. The lowest BCUT2D eigenvalue weighted by molar-refractivity contribution is -0.146. The van der Waals surface area contributed by atoms with Crippen molar-refractivity contribution in [1.29, 1.82) is 0 Å². The molecule has 2 atom stereocenters. The molecule has 2 amide bonds. The Bertz CT molecular complexity index is 1020. The van der Waals surface area contributed by atoms with Gasteiger partial charge in [0.2, 0.25) is 11.8 Å². The van der Waals surface area contributed by atoms with Gasteiger partial charge in [0.25, 0.3) is 0 Å². The standard InChI is InChI=1S/C24H26N2O4S/c1-15-7-5-12-21(16(15)2)26-22(27)14-31-18-9-6-8-17(13-18)25-23(28)19-10-3-4-11-20(19)24(29)30/h3-9,12-13,19-20H,10-11,14H2,1-2H3,(H,25,28)(H,26,27)(H,29,30). The van der Waals surface area contributed by atoms with Crippen LogP contribution >= 0.6 is 11.8 Å². The largest absolute Gasteiger partial charge is 0.481 e. The van der Waals surface area contributed by atoms with Gasteiger partial charge in [-0.3, -0.25) is 14.4 Å². The first-order valence-corrected chi connectivity index (χ1v) is 11.1. The van der Waals surface area contributed by atoms with Crippen LogP contribution in [0.4, 0.5) is 11.4 Å². The van der Waals surface area contributed by atoms with Crippen LogP contribution in [-0.2, 0) is 14.4 Å². The fourth-order valence-corrected chi connectivity index (χ4v) is 4.25. The molecular weight excluding hydrogens is 412 g/mol. The fraction of sp³-hybridized carbons (Fsp3) is 0.292. The number of amides is 2. The minimum Gasteiger partial charge on any atom is -0.481 e. The Labute approximate surface area is 186 Å². The Morgan fingerprint density at radius 3 is 2.45 bits per heavy atom. The minimum atomic E-state index is -0.955. The van der Waals surface area contributed by atoms with Gasteiger partial charge in [-0.05, 0) is 62.1 Å². The first-order valence-electron chi connectivity index (χ1n) is 10.1. The number of hydrogen-bond donors (Lipinski definition) is 3. The highest BCUT2D eigenvalue weighted by Crippen LogP contribution is 2.28. The van der Waals surface area contributed by atoms with Gasteiger partial charge >= 0.3 is 5.97 Å². The molecule has 31 heavy (non-hydrogen) atoms. The Morgan fingerprint density at radius 1 is 1.00 bits per heavy atom. The molecule has 0 saturated heterocycles. The van der Waals surface area contributed by atoms with E-state index in [9.17, 15) is 19.5 Å². The first kappa shape index (κ1) is 22.6. The van der Waals surface area contributed by atoms with Gasteiger partial charge < -0.3 is 15.7 Å². The van der Waals surface area contributed by atoms with Crippen molar-refractivity contribution in [2.24, 2.45) is 11.8 Å². The van der Waals surface area contributed by atoms with E-state index in [2.05, 4.69) is 10.6 Å². The highest BCUT2D eigenvalue weighted by molar-refractivity contribution is 8.00. The lowest BCUT2D eigenvalue weighted by Gasteiger charge is -2.24. The van der Waals surface area contributed by atoms with E-state index in [4.69, 9.17) is 0 Å². The molecule has 2 aromatic rings. The minimum absolute atomic E-state index is 0.105. The Hall–Kier alpha value is -3.06. The number of nitrogens with one attached hydrogen (secondary N) is 2. The van der Waals surface area contributed by atoms with Crippen molar-refractivity contribution in [3.63, 3.8) is 0 Å². The van der Waals surface area contributed by atoms with Crippen molar-refractivity contribution in [3.05, 3.63) is 65.7 Å². The number of rotatable bonds is 7. The highest BCUT2D eigenvalue weighted by atomic mass is 32.2. The summed E-state index contributed by atoms with van der Waals surface area (Å²) in [5, 5.41) is 15.1. The average Bonchev–Trinajstić information content (AvgIpc) is 2.76. The monoisotopic (exact) mass is 438 g/mol. The average molecular weight is 439 g/mol. The molecule has 2 aromatic carbocycles. The number of carbonyl (C=O) groups is 3. The molecule has 6 nitrogen and oxygen atoms in total. The summed E-state index contributed by atoms with van der Waals surface area (Å²) in [5.41, 5.74) is 3.56. The number of aryl methyl sites for hydroxylation is 1. The summed E-state index contributed by atoms with van der Waals surface area (Å²) in [5.74, 6) is -2.43. The van der Waals surface area contributed by atoms with Crippen molar-refractivity contribution in [1.82, 2.24) is 0 Å². The quantitative estimate of drug-likeness (QED) is 0.432. The van der Waals surface area contributed by atoms with Crippen molar-refractivity contribution in [3.8, 4) is 0 Å². The van der Waals surface area contributed by atoms with E-state index >= 15 is 0 Å². The van der Waals surface area contributed by atoms with E-state index in [-0.39, 0.29) is 17.6 Å². The van der Waals surface area contributed by atoms with Crippen molar-refractivity contribution in [2.45, 2.75) is 31.6 Å². The molecule has 1 aliphatic rings. The van der Waals surface area contributed by atoms with Gasteiger partial charge in [0.15, 0.2) is 0 Å². The molecule has 0 fully saturated rings. The summed E-state index contributed by atoms with van der Waals surface area (Å²) in [6.45, 7) is 3.98. The Kier molecular flexibility index (Phi) is 7.52. The van der Waals surface area contributed by atoms with Crippen LogP contribution in [0.15, 0.2) is 59.5 Å². The van der Waals surface area contributed by atoms with E-state index in [1.54, 1.807) is 18.2 Å². The highest BCUT2D eigenvalue weighted by Gasteiger charge is 2.33. The maximum atomic E-state index is 12.6. The van der Waals surface area contributed by atoms with Crippen molar-refractivity contribution < 1.29 is 19.5 Å². The maximum Gasteiger partial charge on any atom is 0.307 e. The number of carboxylic acids is 1. The normalized spacial score (nSPS) is 17.7. The van der Waals surface area contributed by atoms with Crippen LogP contribution in [0.1, 0.15) is 24.0 Å². The number of carboxylic acid groups (broad SMARTS) is 1. The third kappa shape index (κ3) is 5.98. The van der Waals surface area contributed by atoms with Crippen LogP contribution in [-0.4, -0.2) is 28.6 Å². The summed E-state index contributed by atoms with van der Waals surface area (Å²) in [7, 11) is 0. The number of allylic oxidation sites excluding steroid dienone is 2. The van der Waals surface area contributed by atoms with E-state index < -0.39 is 17.8 Å². The van der Waals surface area contributed by atoms with Gasteiger partial charge in [-0.1, -0.05) is 30.4 Å². The van der Waals surface area contributed by atoms with Crippen LogP contribution in [0, 0.1) is 25.7 Å². The second-order valence-corrected chi connectivity index (χ2v) is 8.64. The summed E-state index contributed by atoms with van der Waals surface area (Å²) in [6.07, 6.45) is 4.43. The van der Waals surface area contributed by atoms with Crippen LogP contribution in [0.25, 0.3) is 0 Å². The molecule has 162 valence electrons. The van der Waals surface area contributed by atoms with Crippen LogP contribution in [0.3, 0.4) is 0 Å². The summed E-state index contributed by atoms with van der Waals surface area (Å²) < 4.78 is 0. The summed E-state index contributed by atoms with van der Waals surface area (Å²) in [6, 6.07) is 13.0. The lowest BCUT2D eigenvalue weighted by atomic mass is 9.82. The number of carbonyl (C=O) groups excluding carboxylic acids is 2. The smallest absolute Gasteiger partial charge is 0.307 e. The summed E-state index contributed by atoms with van der Waals surface area (Å²) in [4.78, 5) is 37.3. The van der Waals surface area contributed by atoms with Gasteiger partial charge in [0.05, 0.1) is 17.6 Å². The van der Waals surface area contributed by atoms with Crippen LogP contribution in [0.5, 0.6) is 0 Å². The number of thioether (sulfide) groups is 1. The molecule has 0 radical (unpaired) electrons. The molecule has 1 aliphatic carbocycles. The van der Waals surface area contributed by atoms with Gasteiger partial charge in [-0.25, -0.2) is 0 Å². The predicted molar refractivity (Wildman–Crippen MR) is 123 cm³/mol. The number of aliphatic carboxylic acids is 1. The van der Waals surface area contributed by atoms with Gasteiger partial charge in [-0.15, -0.1) is 11.8 Å². The molecule has 2 unspecified atom stereocenters. The van der Waals surface area contributed by atoms with Gasteiger partial charge in [0.1, 0.15) is 0 Å².